The van der Waals surface area contributed by atoms with E-state index in [9.17, 15) is 13.2 Å². The lowest BCUT2D eigenvalue weighted by Crippen LogP contribution is -2.15. The number of thioether (sulfide) groups is 1. The Bertz CT molecular complexity index is 1330. The molecule has 0 bridgehead atoms. The number of nitrogens with zero attached hydrogens (tertiary/aromatic N) is 4. The number of hydrogen-bond donors (Lipinski definition) is 2. The summed E-state index contributed by atoms with van der Waals surface area (Å²) in [6, 6.07) is 9.83. The minimum absolute atomic E-state index is 0.0729. The molecule has 170 valence electrons. The second kappa shape index (κ2) is 10.3. The first-order valence-electron chi connectivity index (χ1n) is 9.49. The van der Waals surface area contributed by atoms with Crippen LogP contribution in [0, 0.1) is 0 Å². The van der Waals surface area contributed by atoms with Crippen molar-refractivity contribution in [3.05, 3.63) is 66.0 Å². The van der Waals surface area contributed by atoms with E-state index in [1.54, 1.807) is 22.8 Å². The molecule has 9 nitrogen and oxygen atoms in total. The number of hydrogen-bond acceptors (Lipinski definition) is 9. The first-order valence-corrected chi connectivity index (χ1v) is 13.7. The van der Waals surface area contributed by atoms with Crippen molar-refractivity contribution >= 4 is 61.2 Å². The van der Waals surface area contributed by atoms with Crippen molar-refractivity contribution in [2.24, 2.45) is 0 Å². The second-order valence-electron chi connectivity index (χ2n) is 6.49. The highest BCUT2D eigenvalue weighted by atomic mass is 32.2. The number of thiazole rings is 1. The molecule has 0 unspecified atom stereocenters. The van der Waals surface area contributed by atoms with Crippen LogP contribution in [0.25, 0.3) is 10.7 Å². The summed E-state index contributed by atoms with van der Waals surface area (Å²) < 4.78 is 29.1. The van der Waals surface area contributed by atoms with Crippen molar-refractivity contribution in [1.82, 2.24) is 19.7 Å². The summed E-state index contributed by atoms with van der Waals surface area (Å²) in [6.07, 6.45) is 3.27. The molecule has 33 heavy (non-hydrogen) atoms. The van der Waals surface area contributed by atoms with Crippen LogP contribution in [0.5, 0.6) is 0 Å². The Labute approximate surface area is 202 Å². The molecule has 4 aromatic rings. The minimum atomic E-state index is -3.75. The van der Waals surface area contributed by atoms with Crippen LogP contribution < -0.4 is 10.0 Å². The van der Waals surface area contributed by atoms with Gasteiger partial charge in [0.2, 0.25) is 5.91 Å². The molecule has 4 rings (SSSR count). The molecule has 0 spiro atoms. The molecule has 0 atom stereocenters. The molecule has 2 N–H and O–H groups in total. The molecule has 3 aromatic heterocycles. The van der Waals surface area contributed by atoms with Gasteiger partial charge in [0.05, 0.1) is 15.5 Å². The predicted molar refractivity (Wildman–Crippen MR) is 132 cm³/mol. The fourth-order valence-corrected chi connectivity index (χ4v) is 6.02. The van der Waals surface area contributed by atoms with Gasteiger partial charge in [0.15, 0.2) is 16.1 Å². The second-order valence-corrected chi connectivity index (χ2v) is 11.0. The van der Waals surface area contributed by atoms with Crippen LogP contribution in [0.15, 0.2) is 76.1 Å². The van der Waals surface area contributed by atoms with Crippen LogP contribution >= 0.6 is 34.4 Å². The van der Waals surface area contributed by atoms with Gasteiger partial charge in [-0.25, -0.2) is 13.4 Å². The van der Waals surface area contributed by atoms with Crippen LogP contribution in [0.1, 0.15) is 0 Å². The van der Waals surface area contributed by atoms with Crippen molar-refractivity contribution in [2.45, 2.75) is 16.6 Å². The summed E-state index contributed by atoms with van der Waals surface area (Å²) in [5, 5.41) is 15.8. The van der Waals surface area contributed by atoms with Crippen molar-refractivity contribution < 1.29 is 13.2 Å². The topological polar surface area (TPSA) is 119 Å². The standard InChI is InChI=1S/C20H18N6O3S4/c1-2-10-26-18(16-4-3-11-30-16)23-24-20(26)32-13-17(27)22-14-5-7-15(8-6-14)33(28,29)25-19-21-9-12-31-19/h2-9,11-12H,1,10,13H2,(H,21,25)(H,22,27). The van der Waals surface area contributed by atoms with Crippen LogP contribution in [0.3, 0.4) is 0 Å². The summed E-state index contributed by atoms with van der Waals surface area (Å²) in [6.45, 7) is 4.31. The lowest BCUT2D eigenvalue weighted by Gasteiger charge is -2.09. The molecule has 0 fully saturated rings. The number of thiophene rings is 1. The number of aromatic nitrogens is 4. The maximum absolute atomic E-state index is 12.4. The van der Waals surface area contributed by atoms with Gasteiger partial charge in [0.25, 0.3) is 10.0 Å². The predicted octanol–water partition coefficient (Wildman–Crippen LogP) is 4.18. The van der Waals surface area contributed by atoms with Gasteiger partial charge in [-0.05, 0) is 35.7 Å². The van der Waals surface area contributed by atoms with E-state index in [2.05, 4.69) is 31.8 Å². The fraction of sp³-hybridized carbons (Fsp3) is 0.100. The van der Waals surface area contributed by atoms with Crippen LogP contribution in [0.4, 0.5) is 10.8 Å². The molecule has 0 aliphatic rings. The van der Waals surface area contributed by atoms with E-state index in [-0.39, 0.29) is 21.7 Å². The molecular formula is C20H18N6O3S4. The maximum Gasteiger partial charge on any atom is 0.263 e. The average molecular weight is 519 g/mol. The summed E-state index contributed by atoms with van der Waals surface area (Å²) in [5.41, 5.74) is 0.487. The molecule has 0 saturated heterocycles. The normalized spacial score (nSPS) is 11.3. The highest BCUT2D eigenvalue weighted by Gasteiger charge is 2.17. The smallest absolute Gasteiger partial charge is 0.263 e. The van der Waals surface area contributed by atoms with Crippen molar-refractivity contribution in [3.8, 4) is 10.7 Å². The molecule has 0 aliphatic heterocycles. The first-order chi connectivity index (χ1) is 16.0. The molecular weight excluding hydrogens is 501 g/mol. The Morgan fingerprint density at radius 1 is 1.15 bits per heavy atom. The lowest BCUT2D eigenvalue weighted by molar-refractivity contribution is -0.113. The van der Waals surface area contributed by atoms with Crippen molar-refractivity contribution in [1.29, 1.82) is 0 Å². The zero-order valence-corrected chi connectivity index (χ0v) is 20.3. The third-order valence-corrected chi connectivity index (χ3v) is 8.21. The summed E-state index contributed by atoms with van der Waals surface area (Å²) in [7, 11) is -3.75. The van der Waals surface area contributed by atoms with Gasteiger partial charge in [-0.2, -0.15) is 0 Å². The Balaban J connectivity index is 1.37. The molecule has 13 heteroatoms. The number of amides is 1. The molecule has 0 saturated carbocycles. The quantitative estimate of drug-likeness (QED) is 0.239. The van der Waals surface area contributed by atoms with Gasteiger partial charge in [-0.1, -0.05) is 23.9 Å². The maximum atomic E-state index is 12.4. The van der Waals surface area contributed by atoms with Gasteiger partial charge in [-0.15, -0.1) is 39.4 Å². The van der Waals surface area contributed by atoms with Crippen LogP contribution in [-0.2, 0) is 21.4 Å². The van der Waals surface area contributed by atoms with Crippen LogP contribution in [-0.4, -0.2) is 39.8 Å². The van der Waals surface area contributed by atoms with E-state index in [4.69, 9.17) is 0 Å². The number of sulfonamides is 1. The van der Waals surface area contributed by atoms with Crippen molar-refractivity contribution in [3.63, 3.8) is 0 Å². The Hall–Kier alpha value is -3.00. The zero-order chi connectivity index (χ0) is 23.3. The zero-order valence-electron chi connectivity index (χ0n) is 17.0. The molecule has 1 amide bonds. The monoisotopic (exact) mass is 518 g/mol. The molecule has 1 aromatic carbocycles. The number of anilines is 2. The van der Waals surface area contributed by atoms with E-state index in [1.165, 1.54) is 53.6 Å². The van der Waals surface area contributed by atoms with Gasteiger partial charge < -0.3 is 5.32 Å². The van der Waals surface area contributed by atoms with E-state index in [0.717, 1.165) is 10.7 Å². The van der Waals surface area contributed by atoms with Crippen molar-refractivity contribution in [2.75, 3.05) is 15.8 Å². The van der Waals surface area contributed by atoms with Gasteiger partial charge >= 0.3 is 0 Å². The van der Waals surface area contributed by atoms with Gasteiger partial charge in [-0.3, -0.25) is 14.1 Å². The van der Waals surface area contributed by atoms with Gasteiger partial charge in [0, 0.05) is 23.8 Å². The summed E-state index contributed by atoms with van der Waals surface area (Å²) >= 11 is 4.01. The summed E-state index contributed by atoms with van der Waals surface area (Å²) in [5.74, 6) is 0.601. The Morgan fingerprint density at radius 2 is 1.97 bits per heavy atom. The number of carbonyl (C=O) groups excluding carboxylic acids is 1. The third-order valence-electron chi connectivity index (χ3n) is 4.20. The van der Waals surface area contributed by atoms with E-state index >= 15 is 0 Å². The Morgan fingerprint density at radius 3 is 2.64 bits per heavy atom. The van der Waals surface area contributed by atoms with E-state index in [1.807, 2.05) is 22.1 Å². The third kappa shape index (κ3) is 5.68. The first kappa shape index (κ1) is 23.2. The molecule has 0 radical (unpaired) electrons. The SMILES string of the molecule is C=CCn1c(SCC(=O)Nc2ccc(S(=O)(=O)Nc3nccs3)cc2)nnc1-c1cccs1. The number of nitrogens with one attached hydrogen (secondary N) is 2. The average Bonchev–Trinajstić information content (AvgIpc) is 3.55. The molecule has 0 aliphatic carbocycles. The summed E-state index contributed by atoms with van der Waals surface area (Å²) in [4.78, 5) is 17.4. The highest BCUT2D eigenvalue weighted by Crippen LogP contribution is 2.27. The lowest BCUT2D eigenvalue weighted by atomic mass is 10.3. The van der Waals surface area contributed by atoms with Gasteiger partial charge in [0.1, 0.15) is 0 Å². The fourth-order valence-electron chi connectivity index (χ4n) is 2.77. The number of allylic oxidation sites excluding steroid dienone is 1. The number of rotatable bonds is 10. The number of benzene rings is 1. The van der Waals surface area contributed by atoms with Crippen LogP contribution in [0.2, 0.25) is 0 Å². The largest absolute Gasteiger partial charge is 0.325 e. The minimum Gasteiger partial charge on any atom is -0.325 e. The molecule has 3 heterocycles. The number of carbonyl (C=O) groups is 1. The Kier molecular flexibility index (Phi) is 7.23. The highest BCUT2D eigenvalue weighted by molar-refractivity contribution is 7.99. The van der Waals surface area contributed by atoms with E-state index < -0.39 is 10.0 Å². The van der Waals surface area contributed by atoms with E-state index in [0.29, 0.717) is 17.4 Å².